The summed E-state index contributed by atoms with van der Waals surface area (Å²) in [5.41, 5.74) is 0. The first-order chi connectivity index (χ1) is 6.74. The molecule has 0 aliphatic heterocycles. The van der Waals surface area contributed by atoms with Crippen LogP contribution in [0.3, 0.4) is 0 Å². The highest BCUT2D eigenvalue weighted by molar-refractivity contribution is 5.69. The Bertz CT molecular complexity index is 200. The molecule has 1 aliphatic rings. The Morgan fingerprint density at radius 2 is 2.00 bits per heavy atom. The molecule has 1 saturated carbocycles. The smallest absolute Gasteiger partial charge is 0.306 e. The monoisotopic (exact) mass is 196 g/mol. The molecule has 1 rings (SSSR count). The van der Waals surface area contributed by atoms with Crippen LogP contribution < -0.4 is 0 Å². The first kappa shape index (κ1) is 11.3. The predicted octanol–water partition coefficient (Wildman–Crippen LogP) is 3.23. The maximum absolute atomic E-state index is 10.7. The number of carbonyl (C=O) groups is 1. The molecule has 0 bridgehead atoms. The number of carboxylic acids is 1. The van der Waals surface area contributed by atoms with E-state index in [9.17, 15) is 4.79 Å². The molecule has 0 spiro atoms. The van der Waals surface area contributed by atoms with Crippen molar-refractivity contribution in [2.24, 2.45) is 11.8 Å². The summed E-state index contributed by atoms with van der Waals surface area (Å²) in [6.07, 6.45) is 10.6. The molecule has 0 amide bonds. The summed E-state index contributed by atoms with van der Waals surface area (Å²) in [6.45, 7) is 2.04. The number of carboxylic acid groups (broad SMARTS) is 1. The van der Waals surface area contributed by atoms with Gasteiger partial charge in [0.1, 0.15) is 0 Å². The lowest BCUT2D eigenvalue weighted by atomic mass is 9.80. The van der Waals surface area contributed by atoms with Crippen LogP contribution in [0.15, 0.2) is 12.2 Å². The molecular weight excluding hydrogens is 176 g/mol. The van der Waals surface area contributed by atoms with Gasteiger partial charge in [0, 0.05) is 0 Å². The molecule has 0 heterocycles. The lowest BCUT2D eigenvalue weighted by Gasteiger charge is -2.25. The second-order valence-electron chi connectivity index (χ2n) is 4.20. The van der Waals surface area contributed by atoms with Crippen molar-refractivity contribution in [3.63, 3.8) is 0 Å². The van der Waals surface area contributed by atoms with Crippen LogP contribution in [-0.2, 0) is 4.79 Å². The standard InChI is InChI=1S/C12H20O2/c1-2-3-4-5-10-6-8-11(9-7-10)12(13)14/h2-3,10-11H,4-9H2,1H3,(H,13,14)/b3-2+/t10-,11+. The van der Waals surface area contributed by atoms with Gasteiger partial charge in [-0.25, -0.2) is 0 Å². The summed E-state index contributed by atoms with van der Waals surface area (Å²) < 4.78 is 0. The van der Waals surface area contributed by atoms with Gasteiger partial charge in [0.15, 0.2) is 0 Å². The van der Waals surface area contributed by atoms with Crippen molar-refractivity contribution in [2.75, 3.05) is 0 Å². The molecule has 0 atom stereocenters. The molecule has 0 aromatic heterocycles. The fourth-order valence-electron chi connectivity index (χ4n) is 2.20. The van der Waals surface area contributed by atoms with Gasteiger partial charge < -0.3 is 5.11 Å². The van der Waals surface area contributed by atoms with E-state index < -0.39 is 5.97 Å². The Balaban J connectivity index is 2.18. The number of aliphatic carboxylic acids is 1. The van der Waals surface area contributed by atoms with Gasteiger partial charge in [0.25, 0.3) is 0 Å². The van der Waals surface area contributed by atoms with Gasteiger partial charge in [-0.3, -0.25) is 4.79 Å². The Kier molecular flexibility index (Phi) is 4.71. The van der Waals surface area contributed by atoms with E-state index in [0.29, 0.717) is 0 Å². The number of rotatable bonds is 4. The predicted molar refractivity (Wildman–Crippen MR) is 57.1 cm³/mol. The Hall–Kier alpha value is -0.790. The third-order valence-electron chi connectivity index (χ3n) is 3.17. The summed E-state index contributed by atoms with van der Waals surface area (Å²) in [5.74, 6) is 0.103. The Labute approximate surface area is 86.0 Å². The van der Waals surface area contributed by atoms with E-state index in [1.807, 2.05) is 6.92 Å². The van der Waals surface area contributed by atoms with Gasteiger partial charge in [-0.2, -0.15) is 0 Å². The molecule has 1 aliphatic carbocycles. The Morgan fingerprint density at radius 1 is 1.36 bits per heavy atom. The molecule has 0 aromatic carbocycles. The second-order valence-corrected chi connectivity index (χ2v) is 4.20. The highest BCUT2D eigenvalue weighted by atomic mass is 16.4. The summed E-state index contributed by atoms with van der Waals surface area (Å²) in [5, 5.41) is 8.83. The first-order valence-electron chi connectivity index (χ1n) is 5.58. The van der Waals surface area contributed by atoms with Crippen LogP contribution in [0.25, 0.3) is 0 Å². The van der Waals surface area contributed by atoms with E-state index in [2.05, 4.69) is 12.2 Å². The van der Waals surface area contributed by atoms with Crippen molar-refractivity contribution >= 4 is 5.97 Å². The minimum absolute atomic E-state index is 0.0621. The summed E-state index contributed by atoms with van der Waals surface area (Å²) in [6, 6.07) is 0. The van der Waals surface area contributed by atoms with Crippen molar-refractivity contribution in [1.29, 1.82) is 0 Å². The third kappa shape index (κ3) is 3.52. The number of allylic oxidation sites excluding steroid dienone is 2. The summed E-state index contributed by atoms with van der Waals surface area (Å²) in [4.78, 5) is 10.7. The molecule has 1 fully saturated rings. The van der Waals surface area contributed by atoms with Crippen LogP contribution in [0.2, 0.25) is 0 Å². The zero-order valence-electron chi connectivity index (χ0n) is 8.91. The van der Waals surface area contributed by atoms with Gasteiger partial charge in [-0.1, -0.05) is 12.2 Å². The van der Waals surface area contributed by atoms with Crippen LogP contribution in [0.4, 0.5) is 0 Å². The van der Waals surface area contributed by atoms with Crippen LogP contribution in [0, 0.1) is 11.8 Å². The highest BCUT2D eigenvalue weighted by Gasteiger charge is 2.25. The first-order valence-corrected chi connectivity index (χ1v) is 5.58. The zero-order valence-corrected chi connectivity index (χ0v) is 8.91. The fraction of sp³-hybridized carbons (Fsp3) is 0.750. The molecule has 0 saturated heterocycles. The van der Waals surface area contributed by atoms with Crippen LogP contribution in [-0.4, -0.2) is 11.1 Å². The van der Waals surface area contributed by atoms with Crippen molar-refractivity contribution in [3.05, 3.63) is 12.2 Å². The minimum Gasteiger partial charge on any atom is -0.481 e. The lowest BCUT2D eigenvalue weighted by molar-refractivity contribution is -0.143. The van der Waals surface area contributed by atoms with Crippen LogP contribution in [0.1, 0.15) is 45.4 Å². The fourth-order valence-corrected chi connectivity index (χ4v) is 2.20. The second kappa shape index (κ2) is 5.84. The average Bonchev–Trinajstić information content (AvgIpc) is 2.19. The quantitative estimate of drug-likeness (QED) is 0.701. The molecule has 80 valence electrons. The topological polar surface area (TPSA) is 37.3 Å². The molecule has 14 heavy (non-hydrogen) atoms. The summed E-state index contributed by atoms with van der Waals surface area (Å²) >= 11 is 0. The largest absolute Gasteiger partial charge is 0.481 e. The van der Waals surface area contributed by atoms with Crippen LogP contribution >= 0.6 is 0 Å². The van der Waals surface area contributed by atoms with Gasteiger partial charge in [0.05, 0.1) is 5.92 Å². The van der Waals surface area contributed by atoms with E-state index in [0.717, 1.165) is 38.0 Å². The normalized spacial score (nSPS) is 28.1. The third-order valence-corrected chi connectivity index (χ3v) is 3.17. The highest BCUT2D eigenvalue weighted by Crippen LogP contribution is 2.31. The lowest BCUT2D eigenvalue weighted by Crippen LogP contribution is -2.21. The van der Waals surface area contributed by atoms with E-state index in [4.69, 9.17) is 5.11 Å². The molecule has 0 aromatic rings. The van der Waals surface area contributed by atoms with E-state index in [1.165, 1.54) is 6.42 Å². The summed E-state index contributed by atoms with van der Waals surface area (Å²) in [7, 11) is 0. The minimum atomic E-state index is -0.600. The van der Waals surface area contributed by atoms with Crippen molar-refractivity contribution < 1.29 is 9.90 Å². The average molecular weight is 196 g/mol. The number of hydrogen-bond acceptors (Lipinski definition) is 1. The Morgan fingerprint density at radius 3 is 2.50 bits per heavy atom. The van der Waals surface area contributed by atoms with Crippen molar-refractivity contribution in [3.8, 4) is 0 Å². The van der Waals surface area contributed by atoms with Gasteiger partial charge in [0.2, 0.25) is 0 Å². The molecule has 0 radical (unpaired) electrons. The van der Waals surface area contributed by atoms with E-state index >= 15 is 0 Å². The molecule has 1 N–H and O–H groups in total. The number of hydrogen-bond donors (Lipinski definition) is 1. The van der Waals surface area contributed by atoms with Gasteiger partial charge in [-0.05, 0) is 51.4 Å². The van der Waals surface area contributed by atoms with E-state index in [-0.39, 0.29) is 5.92 Å². The molecule has 2 heteroatoms. The van der Waals surface area contributed by atoms with Gasteiger partial charge in [-0.15, -0.1) is 0 Å². The SMILES string of the molecule is C/C=C/CC[C@H]1CC[C@@H](C(=O)O)CC1. The molecular formula is C12H20O2. The van der Waals surface area contributed by atoms with Crippen molar-refractivity contribution in [1.82, 2.24) is 0 Å². The maximum atomic E-state index is 10.7. The van der Waals surface area contributed by atoms with E-state index in [1.54, 1.807) is 0 Å². The molecule has 2 nitrogen and oxygen atoms in total. The van der Waals surface area contributed by atoms with Gasteiger partial charge >= 0.3 is 5.97 Å². The maximum Gasteiger partial charge on any atom is 0.306 e. The van der Waals surface area contributed by atoms with Crippen LogP contribution in [0.5, 0.6) is 0 Å². The van der Waals surface area contributed by atoms with Crippen molar-refractivity contribution in [2.45, 2.75) is 45.4 Å². The molecule has 0 unspecified atom stereocenters. The zero-order chi connectivity index (χ0) is 10.4.